The third-order valence-electron chi connectivity index (χ3n) is 4.93. The molecule has 0 spiro atoms. The van der Waals surface area contributed by atoms with Crippen molar-refractivity contribution >= 4 is 5.91 Å². The molecule has 4 heteroatoms. The molecule has 0 bridgehead atoms. The largest absolute Gasteiger partial charge is 0.377 e. The monoisotopic (exact) mass is 302 g/mol. The Hall–Kier alpha value is -1.39. The van der Waals surface area contributed by atoms with Crippen LogP contribution in [0.15, 0.2) is 18.2 Å². The van der Waals surface area contributed by atoms with Crippen LogP contribution in [0.2, 0.25) is 0 Å². The fourth-order valence-electron chi connectivity index (χ4n) is 3.54. The Labute approximate surface area is 132 Å². The van der Waals surface area contributed by atoms with Crippen LogP contribution in [0.5, 0.6) is 0 Å². The number of nitrogens with zero attached hydrogens (tertiary/aromatic N) is 1. The van der Waals surface area contributed by atoms with Gasteiger partial charge in [0.25, 0.3) is 5.91 Å². The summed E-state index contributed by atoms with van der Waals surface area (Å²) in [6.07, 6.45) is 2.32. The van der Waals surface area contributed by atoms with Crippen molar-refractivity contribution in [2.24, 2.45) is 0 Å². The first-order chi connectivity index (χ1) is 10.7. The number of aryl methyl sites for hydroxylation is 1. The maximum Gasteiger partial charge on any atom is 0.254 e. The van der Waals surface area contributed by atoms with Crippen LogP contribution in [0.25, 0.3) is 0 Å². The Morgan fingerprint density at radius 2 is 2.09 bits per heavy atom. The van der Waals surface area contributed by atoms with Crippen molar-refractivity contribution in [1.82, 2.24) is 10.2 Å². The average Bonchev–Trinajstić information content (AvgIpc) is 2.56. The number of hydrogen-bond donors (Lipinski definition) is 1. The highest BCUT2D eigenvalue weighted by atomic mass is 16.5. The van der Waals surface area contributed by atoms with Crippen LogP contribution in [-0.2, 0) is 4.74 Å². The number of hydrogen-bond acceptors (Lipinski definition) is 3. The van der Waals surface area contributed by atoms with Crippen molar-refractivity contribution in [3.8, 4) is 0 Å². The van der Waals surface area contributed by atoms with Gasteiger partial charge in [-0.3, -0.25) is 4.79 Å². The summed E-state index contributed by atoms with van der Waals surface area (Å²) in [7, 11) is 0. The quantitative estimate of drug-likeness (QED) is 0.911. The second kappa shape index (κ2) is 6.80. The number of rotatable bonds is 2. The van der Waals surface area contributed by atoms with Gasteiger partial charge in [0.15, 0.2) is 0 Å². The third kappa shape index (κ3) is 3.18. The number of carbonyl (C=O) groups is 1. The molecule has 1 amide bonds. The summed E-state index contributed by atoms with van der Waals surface area (Å²) in [5.74, 6) is 0.724. The van der Waals surface area contributed by atoms with Gasteiger partial charge in [-0.05, 0) is 69.0 Å². The van der Waals surface area contributed by atoms with E-state index in [1.165, 1.54) is 11.1 Å². The van der Waals surface area contributed by atoms with E-state index in [4.69, 9.17) is 4.74 Å². The molecule has 0 radical (unpaired) electrons. The van der Waals surface area contributed by atoms with E-state index >= 15 is 0 Å². The van der Waals surface area contributed by atoms with Crippen molar-refractivity contribution in [3.63, 3.8) is 0 Å². The Bertz CT molecular complexity index is 538. The van der Waals surface area contributed by atoms with Crippen molar-refractivity contribution in [1.29, 1.82) is 0 Å². The fourth-order valence-corrected chi connectivity index (χ4v) is 3.54. The highest BCUT2D eigenvalue weighted by Crippen LogP contribution is 2.29. The molecule has 0 saturated carbocycles. The lowest BCUT2D eigenvalue weighted by Crippen LogP contribution is -2.47. The summed E-state index contributed by atoms with van der Waals surface area (Å²) < 4.78 is 5.44. The van der Waals surface area contributed by atoms with Gasteiger partial charge in [-0.25, -0.2) is 0 Å². The molecule has 1 N–H and O–H groups in total. The number of nitrogens with one attached hydrogen (secondary N) is 1. The van der Waals surface area contributed by atoms with Gasteiger partial charge in [-0.2, -0.15) is 0 Å². The first-order valence-electron chi connectivity index (χ1n) is 8.37. The zero-order valence-electron chi connectivity index (χ0n) is 13.6. The Morgan fingerprint density at radius 3 is 2.82 bits per heavy atom. The number of carbonyl (C=O) groups excluding carboxylic acids is 1. The lowest BCUT2D eigenvalue weighted by molar-refractivity contribution is 0.00359. The molecule has 3 rings (SSSR count). The maximum atomic E-state index is 12.8. The van der Waals surface area contributed by atoms with Crippen molar-refractivity contribution in [2.75, 3.05) is 32.8 Å². The minimum Gasteiger partial charge on any atom is -0.377 e. The zero-order valence-corrected chi connectivity index (χ0v) is 13.6. The minimum atomic E-state index is 0.144. The molecular formula is C18H26N2O2. The predicted molar refractivity (Wildman–Crippen MR) is 87.3 cm³/mol. The van der Waals surface area contributed by atoms with E-state index < -0.39 is 0 Å². The summed E-state index contributed by atoms with van der Waals surface area (Å²) >= 11 is 0. The van der Waals surface area contributed by atoms with Crippen LogP contribution in [0.1, 0.15) is 47.2 Å². The fraction of sp³-hybridized carbons (Fsp3) is 0.611. The third-order valence-corrected chi connectivity index (χ3v) is 4.93. The number of piperidine rings is 1. The van der Waals surface area contributed by atoms with E-state index in [0.717, 1.165) is 31.5 Å². The molecule has 1 aromatic carbocycles. The summed E-state index contributed by atoms with van der Waals surface area (Å²) in [5, 5.41) is 3.41. The van der Waals surface area contributed by atoms with E-state index in [9.17, 15) is 4.79 Å². The van der Waals surface area contributed by atoms with E-state index in [2.05, 4.69) is 31.3 Å². The Balaban J connectivity index is 1.83. The second-order valence-corrected chi connectivity index (χ2v) is 6.52. The highest BCUT2D eigenvalue weighted by molar-refractivity contribution is 5.94. The van der Waals surface area contributed by atoms with E-state index in [0.29, 0.717) is 25.7 Å². The number of amides is 1. The molecule has 2 fully saturated rings. The summed E-state index contributed by atoms with van der Waals surface area (Å²) in [6.45, 7) is 8.33. The molecule has 120 valence electrons. The summed E-state index contributed by atoms with van der Waals surface area (Å²) in [4.78, 5) is 14.8. The first-order valence-corrected chi connectivity index (χ1v) is 8.37. The molecule has 1 aromatic rings. The van der Waals surface area contributed by atoms with E-state index in [1.807, 2.05) is 11.0 Å². The number of benzene rings is 1. The molecule has 4 nitrogen and oxygen atoms in total. The maximum absolute atomic E-state index is 12.8. The second-order valence-electron chi connectivity index (χ2n) is 6.52. The van der Waals surface area contributed by atoms with Gasteiger partial charge in [-0.15, -0.1) is 0 Å². The molecule has 22 heavy (non-hydrogen) atoms. The van der Waals surface area contributed by atoms with Gasteiger partial charge in [-0.1, -0.05) is 6.07 Å². The van der Waals surface area contributed by atoms with Gasteiger partial charge >= 0.3 is 0 Å². The van der Waals surface area contributed by atoms with Crippen LogP contribution in [0.3, 0.4) is 0 Å². The molecule has 2 aliphatic rings. The standard InChI is InChI=1S/C18H26N2O2/c1-13-3-4-16(11-17(13)15-5-7-19-8-6-15)18(21)20-9-10-22-12-14(20)2/h3-4,11,14-15,19H,5-10,12H2,1-2H3. The van der Waals surface area contributed by atoms with Crippen molar-refractivity contribution < 1.29 is 9.53 Å². The van der Waals surface area contributed by atoms with Crippen molar-refractivity contribution in [3.05, 3.63) is 34.9 Å². The van der Waals surface area contributed by atoms with E-state index in [-0.39, 0.29) is 11.9 Å². The number of ether oxygens (including phenoxy) is 1. The van der Waals surface area contributed by atoms with Crippen LogP contribution < -0.4 is 5.32 Å². The molecule has 1 atom stereocenters. The van der Waals surface area contributed by atoms with E-state index in [1.54, 1.807) is 0 Å². The van der Waals surface area contributed by atoms with Gasteiger partial charge in [0.2, 0.25) is 0 Å². The molecule has 2 heterocycles. The van der Waals surface area contributed by atoms with Crippen LogP contribution in [0.4, 0.5) is 0 Å². The lowest BCUT2D eigenvalue weighted by atomic mass is 9.86. The lowest BCUT2D eigenvalue weighted by Gasteiger charge is -2.33. The number of morpholine rings is 1. The van der Waals surface area contributed by atoms with Crippen LogP contribution in [0, 0.1) is 6.92 Å². The Kier molecular flexibility index (Phi) is 4.79. The molecule has 1 unspecified atom stereocenters. The highest BCUT2D eigenvalue weighted by Gasteiger charge is 2.26. The minimum absolute atomic E-state index is 0.144. The SMILES string of the molecule is Cc1ccc(C(=O)N2CCOCC2C)cc1C1CCNCC1. The first kappa shape index (κ1) is 15.5. The zero-order chi connectivity index (χ0) is 15.5. The predicted octanol–water partition coefficient (Wildman–Crippen LogP) is 2.32. The summed E-state index contributed by atoms with van der Waals surface area (Å²) in [5.41, 5.74) is 3.49. The molecule has 0 aliphatic carbocycles. The van der Waals surface area contributed by atoms with Gasteiger partial charge in [0.1, 0.15) is 0 Å². The van der Waals surface area contributed by atoms with Crippen LogP contribution >= 0.6 is 0 Å². The van der Waals surface area contributed by atoms with Gasteiger partial charge in [0.05, 0.1) is 19.3 Å². The molecular weight excluding hydrogens is 276 g/mol. The Morgan fingerprint density at radius 1 is 1.32 bits per heavy atom. The molecule has 0 aromatic heterocycles. The summed E-state index contributed by atoms with van der Waals surface area (Å²) in [6, 6.07) is 6.38. The van der Waals surface area contributed by atoms with Crippen molar-refractivity contribution in [2.45, 2.75) is 38.6 Å². The van der Waals surface area contributed by atoms with Gasteiger partial charge < -0.3 is 15.0 Å². The molecule has 2 aliphatic heterocycles. The molecule has 2 saturated heterocycles. The topological polar surface area (TPSA) is 41.6 Å². The smallest absolute Gasteiger partial charge is 0.254 e. The average molecular weight is 302 g/mol. The normalized spacial score (nSPS) is 23.5. The van der Waals surface area contributed by atoms with Crippen LogP contribution in [-0.4, -0.2) is 49.7 Å². The van der Waals surface area contributed by atoms with Gasteiger partial charge in [0, 0.05) is 12.1 Å².